The number of carboxylic acids is 1. The van der Waals surface area contributed by atoms with Gasteiger partial charge in [-0.1, -0.05) is 83.1 Å². The molecule has 0 fully saturated rings. The molecular weight excluding hydrogens is 432 g/mol. The molecule has 0 saturated carbocycles. The molecule has 0 spiro atoms. The van der Waals surface area contributed by atoms with Gasteiger partial charge in [0, 0.05) is 5.92 Å². The molecule has 182 valence electrons. The molecule has 0 saturated heterocycles. The summed E-state index contributed by atoms with van der Waals surface area (Å²) in [5.74, 6) is -1.66. The number of benzene rings is 2. The van der Waals surface area contributed by atoms with Crippen LogP contribution < -0.4 is 10.6 Å². The summed E-state index contributed by atoms with van der Waals surface area (Å²) in [5.41, 5.74) is 3.79. The van der Waals surface area contributed by atoms with Gasteiger partial charge in [-0.2, -0.15) is 0 Å². The van der Waals surface area contributed by atoms with Crippen LogP contribution in [0.25, 0.3) is 11.1 Å². The molecule has 34 heavy (non-hydrogen) atoms. The fourth-order valence-electron chi connectivity index (χ4n) is 4.38. The van der Waals surface area contributed by atoms with Crippen molar-refractivity contribution in [2.75, 3.05) is 6.61 Å². The van der Waals surface area contributed by atoms with E-state index < -0.39 is 35.5 Å². The molecule has 3 N–H and O–H groups in total. The summed E-state index contributed by atoms with van der Waals surface area (Å²) in [6.45, 7) is 9.32. The Labute approximate surface area is 200 Å². The largest absolute Gasteiger partial charge is 0.480 e. The van der Waals surface area contributed by atoms with E-state index in [0.29, 0.717) is 6.42 Å². The summed E-state index contributed by atoms with van der Waals surface area (Å²) < 4.78 is 5.59. The molecule has 2 atom stereocenters. The number of hydrogen-bond acceptors (Lipinski definition) is 4. The third-order valence-electron chi connectivity index (χ3n) is 6.06. The van der Waals surface area contributed by atoms with Gasteiger partial charge in [-0.15, -0.1) is 0 Å². The second kappa shape index (κ2) is 10.3. The standard InChI is InChI=1S/C27H34N2O5/c1-16(2)14-22(25(31)32)28-24(30)23(27(3,4)5)29-26(33)34-15-21-19-12-8-6-10-17(19)18-11-7-9-13-20(18)21/h6-13,16,21-23H,14-15H2,1-5H3,(H,28,30)(H,29,33)(H,31,32)/t22-,23-/m0/s1. The van der Waals surface area contributed by atoms with E-state index in [9.17, 15) is 19.5 Å². The lowest BCUT2D eigenvalue weighted by Crippen LogP contribution is -2.56. The zero-order valence-corrected chi connectivity index (χ0v) is 20.4. The Bertz CT molecular complexity index is 1010. The average molecular weight is 467 g/mol. The monoisotopic (exact) mass is 466 g/mol. The lowest BCUT2D eigenvalue weighted by molar-refractivity contribution is -0.143. The summed E-state index contributed by atoms with van der Waals surface area (Å²) in [5, 5.41) is 14.7. The Morgan fingerprint density at radius 3 is 1.94 bits per heavy atom. The minimum absolute atomic E-state index is 0.0876. The lowest BCUT2D eigenvalue weighted by atomic mass is 9.86. The van der Waals surface area contributed by atoms with E-state index in [2.05, 4.69) is 22.8 Å². The second-order valence-electron chi connectivity index (χ2n) is 10.3. The summed E-state index contributed by atoms with van der Waals surface area (Å²) in [6.07, 6.45) is -0.421. The van der Waals surface area contributed by atoms with E-state index in [0.717, 1.165) is 22.3 Å². The van der Waals surface area contributed by atoms with Crippen LogP contribution in [0.3, 0.4) is 0 Å². The quantitative estimate of drug-likeness (QED) is 0.529. The predicted octanol–water partition coefficient (Wildman–Crippen LogP) is 4.56. The number of nitrogens with one attached hydrogen (secondary N) is 2. The van der Waals surface area contributed by atoms with Gasteiger partial charge in [0.05, 0.1) is 0 Å². The Morgan fingerprint density at radius 2 is 1.47 bits per heavy atom. The van der Waals surface area contributed by atoms with Crippen molar-refractivity contribution in [2.45, 2.75) is 59.0 Å². The molecule has 0 radical (unpaired) electrons. The molecule has 0 bridgehead atoms. The van der Waals surface area contributed by atoms with Gasteiger partial charge in [0.2, 0.25) is 5.91 Å². The number of fused-ring (bicyclic) bond motifs is 3. The molecule has 2 aromatic carbocycles. The van der Waals surface area contributed by atoms with E-state index in [-0.39, 0.29) is 18.4 Å². The van der Waals surface area contributed by atoms with E-state index in [1.807, 2.05) is 50.2 Å². The summed E-state index contributed by atoms with van der Waals surface area (Å²) in [4.78, 5) is 37.3. The van der Waals surface area contributed by atoms with Crippen molar-refractivity contribution in [3.8, 4) is 11.1 Å². The van der Waals surface area contributed by atoms with E-state index in [1.54, 1.807) is 20.8 Å². The van der Waals surface area contributed by atoms with Crippen LogP contribution in [0.1, 0.15) is 58.1 Å². The van der Waals surface area contributed by atoms with Gasteiger partial charge in [0.1, 0.15) is 18.7 Å². The smallest absolute Gasteiger partial charge is 0.407 e. The zero-order valence-electron chi connectivity index (χ0n) is 20.4. The van der Waals surface area contributed by atoms with Crippen LogP contribution in [0.15, 0.2) is 48.5 Å². The molecule has 0 aliphatic heterocycles. The molecule has 2 amide bonds. The van der Waals surface area contributed by atoms with Gasteiger partial charge < -0.3 is 20.5 Å². The van der Waals surface area contributed by atoms with Gasteiger partial charge in [0.15, 0.2) is 0 Å². The van der Waals surface area contributed by atoms with Crippen molar-refractivity contribution >= 4 is 18.0 Å². The van der Waals surface area contributed by atoms with Gasteiger partial charge in [0.25, 0.3) is 0 Å². The number of rotatable bonds is 8. The van der Waals surface area contributed by atoms with Crippen molar-refractivity contribution in [1.29, 1.82) is 0 Å². The van der Waals surface area contributed by atoms with Crippen molar-refractivity contribution in [3.05, 3.63) is 59.7 Å². The molecule has 0 aromatic heterocycles. The van der Waals surface area contributed by atoms with Crippen LogP contribution >= 0.6 is 0 Å². The van der Waals surface area contributed by atoms with Crippen LogP contribution in [0.2, 0.25) is 0 Å². The minimum atomic E-state index is -1.10. The molecule has 3 rings (SSSR count). The maximum absolute atomic E-state index is 13.0. The molecule has 1 aliphatic carbocycles. The number of ether oxygens (including phenoxy) is 1. The SMILES string of the molecule is CC(C)C[C@H](NC(=O)[C@H](NC(=O)OCC1c2ccccc2-c2ccccc21)C(C)(C)C)C(=O)O. The fourth-order valence-corrected chi connectivity index (χ4v) is 4.38. The summed E-state index contributed by atoms with van der Waals surface area (Å²) >= 11 is 0. The number of carbonyl (C=O) groups excluding carboxylic acids is 2. The highest BCUT2D eigenvalue weighted by molar-refractivity contribution is 5.90. The molecule has 0 heterocycles. The first kappa shape index (κ1) is 25.3. The first-order valence-electron chi connectivity index (χ1n) is 11.6. The van der Waals surface area contributed by atoms with Crippen molar-refractivity contribution in [2.24, 2.45) is 11.3 Å². The number of carbonyl (C=O) groups is 3. The second-order valence-corrected chi connectivity index (χ2v) is 10.3. The molecule has 1 aliphatic rings. The maximum atomic E-state index is 13.0. The van der Waals surface area contributed by atoms with Crippen LogP contribution in [-0.2, 0) is 14.3 Å². The van der Waals surface area contributed by atoms with Gasteiger partial charge >= 0.3 is 12.1 Å². The third-order valence-corrected chi connectivity index (χ3v) is 6.06. The molecule has 7 nitrogen and oxygen atoms in total. The van der Waals surface area contributed by atoms with Crippen molar-refractivity contribution in [3.63, 3.8) is 0 Å². The van der Waals surface area contributed by atoms with E-state index >= 15 is 0 Å². The number of aliphatic carboxylic acids is 1. The zero-order chi connectivity index (χ0) is 25.0. The Morgan fingerprint density at radius 1 is 0.941 bits per heavy atom. The normalized spacial score (nSPS) is 14.6. The molecule has 7 heteroatoms. The van der Waals surface area contributed by atoms with Crippen LogP contribution in [-0.4, -0.2) is 41.8 Å². The van der Waals surface area contributed by atoms with Crippen LogP contribution in [0.5, 0.6) is 0 Å². The highest BCUT2D eigenvalue weighted by Crippen LogP contribution is 2.44. The highest BCUT2D eigenvalue weighted by Gasteiger charge is 2.36. The third kappa shape index (κ3) is 5.76. The minimum Gasteiger partial charge on any atom is -0.480 e. The Balaban J connectivity index is 1.69. The van der Waals surface area contributed by atoms with E-state index in [4.69, 9.17) is 4.74 Å². The van der Waals surface area contributed by atoms with Crippen LogP contribution in [0.4, 0.5) is 4.79 Å². The predicted molar refractivity (Wildman–Crippen MR) is 130 cm³/mol. The number of carboxylic acid groups (broad SMARTS) is 1. The first-order chi connectivity index (χ1) is 16.0. The summed E-state index contributed by atoms with van der Waals surface area (Å²) in [6, 6.07) is 14.1. The molecule has 2 aromatic rings. The average Bonchev–Trinajstić information content (AvgIpc) is 3.08. The Hall–Kier alpha value is -3.35. The van der Waals surface area contributed by atoms with Gasteiger partial charge in [-0.25, -0.2) is 9.59 Å². The van der Waals surface area contributed by atoms with E-state index in [1.165, 1.54) is 0 Å². The van der Waals surface area contributed by atoms with Crippen molar-refractivity contribution < 1.29 is 24.2 Å². The maximum Gasteiger partial charge on any atom is 0.407 e. The number of hydrogen-bond donors (Lipinski definition) is 3. The number of alkyl carbamates (subject to hydrolysis) is 1. The van der Waals surface area contributed by atoms with Gasteiger partial charge in [-0.05, 0) is 40.0 Å². The Kier molecular flexibility index (Phi) is 7.64. The van der Waals surface area contributed by atoms with Crippen molar-refractivity contribution in [1.82, 2.24) is 10.6 Å². The fraction of sp³-hybridized carbons (Fsp3) is 0.444. The van der Waals surface area contributed by atoms with Crippen LogP contribution in [0, 0.1) is 11.3 Å². The molecular formula is C27H34N2O5. The van der Waals surface area contributed by atoms with Gasteiger partial charge in [-0.3, -0.25) is 4.79 Å². The highest BCUT2D eigenvalue weighted by atomic mass is 16.5. The number of amides is 2. The first-order valence-corrected chi connectivity index (χ1v) is 11.6. The topological polar surface area (TPSA) is 105 Å². The summed E-state index contributed by atoms with van der Waals surface area (Å²) in [7, 11) is 0. The lowest BCUT2D eigenvalue weighted by Gasteiger charge is -2.31. The molecule has 0 unspecified atom stereocenters.